The molecular formula is C15H20N2O. The van der Waals surface area contributed by atoms with Crippen LogP contribution in [0.3, 0.4) is 0 Å². The molecular weight excluding hydrogens is 224 g/mol. The number of aryl methyl sites for hydroxylation is 1. The molecule has 18 heavy (non-hydrogen) atoms. The molecule has 96 valence electrons. The van der Waals surface area contributed by atoms with Crippen LogP contribution in [0.15, 0.2) is 18.2 Å². The van der Waals surface area contributed by atoms with Crippen LogP contribution in [0, 0.1) is 6.92 Å². The molecule has 0 atom stereocenters. The van der Waals surface area contributed by atoms with Gasteiger partial charge in [0, 0.05) is 16.6 Å². The Morgan fingerprint density at radius 1 is 1.28 bits per heavy atom. The minimum Gasteiger partial charge on any atom is -0.497 e. The first kappa shape index (κ1) is 11.6. The molecule has 3 nitrogen and oxygen atoms in total. The van der Waals surface area contributed by atoms with Gasteiger partial charge in [-0.25, -0.2) is 0 Å². The van der Waals surface area contributed by atoms with Crippen molar-refractivity contribution in [2.24, 2.45) is 5.73 Å². The molecule has 3 heteroatoms. The Labute approximate surface area is 107 Å². The molecule has 1 aliphatic carbocycles. The van der Waals surface area contributed by atoms with Crippen molar-refractivity contribution < 1.29 is 4.74 Å². The van der Waals surface area contributed by atoms with Crippen LogP contribution in [-0.2, 0) is 5.54 Å². The predicted octanol–water partition coefficient (Wildman–Crippen LogP) is 3.21. The third kappa shape index (κ3) is 1.62. The van der Waals surface area contributed by atoms with E-state index in [1.54, 1.807) is 7.11 Å². The van der Waals surface area contributed by atoms with E-state index in [9.17, 15) is 0 Å². The van der Waals surface area contributed by atoms with Crippen molar-refractivity contribution in [1.29, 1.82) is 0 Å². The molecule has 0 radical (unpaired) electrons. The summed E-state index contributed by atoms with van der Waals surface area (Å²) in [7, 11) is 1.70. The molecule has 0 bridgehead atoms. The number of fused-ring (bicyclic) bond motifs is 1. The summed E-state index contributed by atoms with van der Waals surface area (Å²) in [6, 6.07) is 6.14. The zero-order valence-electron chi connectivity index (χ0n) is 11.0. The van der Waals surface area contributed by atoms with E-state index in [4.69, 9.17) is 10.5 Å². The highest BCUT2D eigenvalue weighted by molar-refractivity contribution is 5.86. The number of aromatic nitrogens is 1. The second kappa shape index (κ2) is 4.02. The lowest BCUT2D eigenvalue weighted by Crippen LogP contribution is -2.34. The van der Waals surface area contributed by atoms with Crippen LogP contribution in [0.25, 0.3) is 10.9 Å². The molecule has 1 aromatic heterocycles. The Balaban J connectivity index is 2.16. The quantitative estimate of drug-likeness (QED) is 0.852. The average Bonchev–Trinajstić information content (AvgIpc) is 2.95. The van der Waals surface area contributed by atoms with E-state index in [0.29, 0.717) is 0 Å². The smallest absolute Gasteiger partial charge is 0.119 e. The minimum atomic E-state index is -0.156. The summed E-state index contributed by atoms with van der Waals surface area (Å²) in [6.45, 7) is 2.15. The van der Waals surface area contributed by atoms with Gasteiger partial charge in [-0.15, -0.1) is 0 Å². The summed E-state index contributed by atoms with van der Waals surface area (Å²) >= 11 is 0. The second-order valence-electron chi connectivity index (χ2n) is 5.40. The molecule has 0 aliphatic heterocycles. The van der Waals surface area contributed by atoms with Crippen LogP contribution in [-0.4, -0.2) is 12.1 Å². The van der Waals surface area contributed by atoms with Crippen LogP contribution >= 0.6 is 0 Å². The van der Waals surface area contributed by atoms with Crippen LogP contribution in [0.2, 0.25) is 0 Å². The molecule has 0 amide bonds. The Bertz CT molecular complexity index is 579. The number of ether oxygens (including phenoxy) is 1. The van der Waals surface area contributed by atoms with Gasteiger partial charge in [-0.05, 0) is 43.5 Å². The van der Waals surface area contributed by atoms with Gasteiger partial charge in [-0.2, -0.15) is 0 Å². The van der Waals surface area contributed by atoms with Gasteiger partial charge in [0.2, 0.25) is 0 Å². The maximum atomic E-state index is 6.55. The van der Waals surface area contributed by atoms with E-state index in [0.717, 1.165) is 24.1 Å². The molecule has 0 saturated heterocycles. The van der Waals surface area contributed by atoms with Crippen molar-refractivity contribution in [1.82, 2.24) is 4.98 Å². The fourth-order valence-corrected chi connectivity index (χ4v) is 3.19. The van der Waals surface area contributed by atoms with Crippen LogP contribution in [0.1, 0.15) is 36.9 Å². The lowest BCUT2D eigenvalue weighted by molar-refractivity contribution is 0.415. The second-order valence-corrected chi connectivity index (χ2v) is 5.40. The number of rotatable bonds is 2. The summed E-state index contributed by atoms with van der Waals surface area (Å²) in [6.07, 6.45) is 4.62. The molecule has 1 fully saturated rings. The summed E-state index contributed by atoms with van der Waals surface area (Å²) in [5, 5.41) is 1.22. The molecule has 3 rings (SSSR count). The topological polar surface area (TPSA) is 51.0 Å². The van der Waals surface area contributed by atoms with Crippen LogP contribution < -0.4 is 10.5 Å². The first-order valence-electron chi connectivity index (χ1n) is 6.60. The first-order chi connectivity index (χ1) is 8.64. The molecule has 2 aromatic rings. The van der Waals surface area contributed by atoms with E-state index < -0.39 is 0 Å². The summed E-state index contributed by atoms with van der Waals surface area (Å²) in [5.74, 6) is 0.897. The first-order valence-corrected chi connectivity index (χ1v) is 6.60. The highest BCUT2D eigenvalue weighted by Crippen LogP contribution is 2.39. The molecule has 1 aromatic carbocycles. The Hall–Kier alpha value is -1.48. The van der Waals surface area contributed by atoms with Gasteiger partial charge in [0.15, 0.2) is 0 Å². The molecule has 0 spiro atoms. The monoisotopic (exact) mass is 244 g/mol. The maximum Gasteiger partial charge on any atom is 0.119 e. The van der Waals surface area contributed by atoms with E-state index in [-0.39, 0.29) is 5.54 Å². The zero-order chi connectivity index (χ0) is 12.8. The van der Waals surface area contributed by atoms with Gasteiger partial charge in [0.05, 0.1) is 12.6 Å². The van der Waals surface area contributed by atoms with Crippen molar-refractivity contribution in [2.75, 3.05) is 7.11 Å². The Kier molecular flexibility index (Phi) is 2.59. The number of hydrogen-bond acceptors (Lipinski definition) is 2. The van der Waals surface area contributed by atoms with E-state index in [1.807, 2.05) is 6.07 Å². The van der Waals surface area contributed by atoms with Crippen molar-refractivity contribution in [3.63, 3.8) is 0 Å². The number of H-pyrrole nitrogens is 1. The maximum absolute atomic E-state index is 6.55. The normalized spacial score (nSPS) is 18.4. The van der Waals surface area contributed by atoms with Gasteiger partial charge < -0.3 is 15.5 Å². The average molecular weight is 244 g/mol. The van der Waals surface area contributed by atoms with Crippen molar-refractivity contribution in [3.05, 3.63) is 29.5 Å². The third-order valence-corrected chi connectivity index (χ3v) is 4.26. The predicted molar refractivity (Wildman–Crippen MR) is 73.9 cm³/mol. The summed E-state index contributed by atoms with van der Waals surface area (Å²) < 4.78 is 5.29. The van der Waals surface area contributed by atoms with E-state index in [2.05, 4.69) is 24.0 Å². The number of nitrogens with one attached hydrogen (secondary N) is 1. The standard InChI is InChI=1S/C15H20N2O/c1-10-12-9-11(18-2)5-6-13(12)17-14(10)15(16)7-3-4-8-15/h5-6,9,17H,3-4,7-8,16H2,1-2H3. The number of methoxy groups -OCH3 is 1. The van der Waals surface area contributed by atoms with Gasteiger partial charge >= 0.3 is 0 Å². The van der Waals surface area contributed by atoms with Crippen LogP contribution in [0.4, 0.5) is 0 Å². The highest BCUT2D eigenvalue weighted by Gasteiger charge is 2.34. The summed E-state index contributed by atoms with van der Waals surface area (Å²) in [5.41, 5.74) is 10.0. The molecule has 1 saturated carbocycles. The fraction of sp³-hybridized carbons (Fsp3) is 0.467. The van der Waals surface area contributed by atoms with E-state index >= 15 is 0 Å². The summed E-state index contributed by atoms with van der Waals surface area (Å²) in [4.78, 5) is 3.52. The molecule has 1 aliphatic rings. The van der Waals surface area contributed by atoms with Crippen molar-refractivity contribution in [3.8, 4) is 5.75 Å². The highest BCUT2D eigenvalue weighted by atomic mass is 16.5. The number of hydrogen-bond donors (Lipinski definition) is 2. The van der Waals surface area contributed by atoms with Crippen molar-refractivity contribution >= 4 is 10.9 Å². The lowest BCUT2D eigenvalue weighted by atomic mass is 9.92. The van der Waals surface area contributed by atoms with Crippen molar-refractivity contribution in [2.45, 2.75) is 38.1 Å². The number of nitrogens with two attached hydrogens (primary N) is 1. The Morgan fingerprint density at radius 3 is 2.67 bits per heavy atom. The number of aromatic amines is 1. The van der Waals surface area contributed by atoms with Gasteiger partial charge in [0.25, 0.3) is 0 Å². The van der Waals surface area contributed by atoms with Gasteiger partial charge in [-0.1, -0.05) is 12.8 Å². The lowest BCUT2D eigenvalue weighted by Gasteiger charge is -2.23. The van der Waals surface area contributed by atoms with Gasteiger partial charge in [-0.3, -0.25) is 0 Å². The SMILES string of the molecule is COc1ccc2[nH]c(C3(N)CCCC3)c(C)c2c1. The zero-order valence-corrected chi connectivity index (χ0v) is 11.0. The molecule has 1 heterocycles. The number of benzene rings is 1. The third-order valence-electron chi connectivity index (χ3n) is 4.26. The van der Waals surface area contributed by atoms with E-state index in [1.165, 1.54) is 29.5 Å². The fourth-order valence-electron chi connectivity index (χ4n) is 3.19. The van der Waals surface area contributed by atoms with Crippen LogP contribution in [0.5, 0.6) is 5.75 Å². The molecule has 3 N–H and O–H groups in total. The van der Waals surface area contributed by atoms with Gasteiger partial charge in [0.1, 0.15) is 5.75 Å². The largest absolute Gasteiger partial charge is 0.497 e. The molecule has 0 unspecified atom stereocenters. The minimum absolute atomic E-state index is 0.156. The Morgan fingerprint density at radius 2 is 2.00 bits per heavy atom.